The topological polar surface area (TPSA) is 46.9 Å². The highest BCUT2D eigenvalue weighted by atomic mass is 35.5. The zero-order chi connectivity index (χ0) is 15.6. The molecule has 1 amide bonds. The molecule has 1 heterocycles. The second kappa shape index (κ2) is 6.13. The maximum absolute atomic E-state index is 12.8. The molecule has 0 radical (unpaired) electrons. The van der Waals surface area contributed by atoms with Gasteiger partial charge in [-0.25, -0.2) is 4.98 Å². The van der Waals surface area contributed by atoms with Crippen molar-refractivity contribution in [2.75, 3.05) is 0 Å². The Labute approximate surface area is 135 Å². The molecule has 116 valence electrons. The first-order chi connectivity index (χ1) is 10.6. The van der Waals surface area contributed by atoms with Crippen LogP contribution < -0.4 is 5.32 Å². The van der Waals surface area contributed by atoms with Gasteiger partial charge in [0.15, 0.2) is 0 Å². The molecule has 0 aliphatic heterocycles. The molecule has 0 spiro atoms. The van der Waals surface area contributed by atoms with Crippen LogP contribution in [-0.2, 0) is 16.8 Å². The summed E-state index contributed by atoms with van der Waals surface area (Å²) in [6.07, 6.45) is 8.26. The van der Waals surface area contributed by atoms with Gasteiger partial charge in [0.25, 0.3) is 0 Å². The van der Waals surface area contributed by atoms with E-state index in [0.29, 0.717) is 5.02 Å². The molecule has 1 N–H and O–H groups in total. The summed E-state index contributed by atoms with van der Waals surface area (Å²) in [6, 6.07) is 7.74. The molecule has 5 heteroatoms. The second-order valence-electron chi connectivity index (χ2n) is 6.08. The van der Waals surface area contributed by atoms with Crippen LogP contribution in [0.1, 0.15) is 31.7 Å². The third kappa shape index (κ3) is 2.88. The normalized spacial score (nSPS) is 17.5. The van der Waals surface area contributed by atoms with Crippen LogP contribution in [0.2, 0.25) is 5.02 Å². The highest BCUT2D eigenvalue weighted by Gasteiger charge is 2.45. The van der Waals surface area contributed by atoms with Crippen molar-refractivity contribution >= 4 is 17.5 Å². The fourth-order valence-corrected chi connectivity index (χ4v) is 3.27. The van der Waals surface area contributed by atoms with Crippen LogP contribution in [0.15, 0.2) is 43.0 Å². The summed E-state index contributed by atoms with van der Waals surface area (Å²) in [7, 11) is 0. The predicted octanol–water partition coefficient (Wildman–Crippen LogP) is 3.16. The van der Waals surface area contributed by atoms with Crippen molar-refractivity contribution in [1.82, 2.24) is 14.9 Å². The van der Waals surface area contributed by atoms with Gasteiger partial charge in [-0.3, -0.25) is 4.79 Å². The number of rotatable bonds is 5. The highest BCUT2D eigenvalue weighted by molar-refractivity contribution is 6.30. The molecule has 1 aliphatic carbocycles. The molecule has 4 nitrogen and oxygen atoms in total. The van der Waals surface area contributed by atoms with Gasteiger partial charge in [-0.15, -0.1) is 0 Å². The number of amides is 1. The number of carbonyl (C=O) groups excluding carboxylic acids is 1. The van der Waals surface area contributed by atoms with Crippen LogP contribution in [0.4, 0.5) is 0 Å². The minimum Gasteiger partial charge on any atom is -0.351 e. The Morgan fingerprint density at radius 2 is 2.32 bits per heavy atom. The molecule has 22 heavy (non-hydrogen) atoms. The lowest BCUT2D eigenvalue weighted by Crippen LogP contribution is -2.52. The number of nitrogens with one attached hydrogen (secondary N) is 1. The SMILES string of the molecule is CC(Cn1ccnc1)NC(=O)C1(c2cccc(Cl)c2)CCC1. The number of halogens is 1. The molecule has 1 aliphatic rings. The van der Waals surface area contributed by atoms with Gasteiger partial charge in [-0.1, -0.05) is 30.2 Å². The maximum atomic E-state index is 12.8. The van der Waals surface area contributed by atoms with Gasteiger partial charge in [-0.2, -0.15) is 0 Å². The average molecular weight is 318 g/mol. The molecule has 0 bridgehead atoms. The molecular weight excluding hydrogens is 298 g/mol. The van der Waals surface area contributed by atoms with Gasteiger partial charge in [-0.05, 0) is 37.5 Å². The van der Waals surface area contributed by atoms with Crippen molar-refractivity contribution < 1.29 is 4.79 Å². The summed E-state index contributed by atoms with van der Waals surface area (Å²) in [5.74, 6) is 0.105. The van der Waals surface area contributed by atoms with E-state index in [9.17, 15) is 4.79 Å². The van der Waals surface area contributed by atoms with Crippen molar-refractivity contribution in [2.45, 2.75) is 44.2 Å². The zero-order valence-electron chi connectivity index (χ0n) is 12.6. The third-order valence-electron chi connectivity index (χ3n) is 4.44. The monoisotopic (exact) mass is 317 g/mol. The van der Waals surface area contributed by atoms with E-state index in [1.807, 2.05) is 42.0 Å². The Bertz CT molecular complexity index is 650. The Hall–Kier alpha value is -1.81. The van der Waals surface area contributed by atoms with Crippen LogP contribution in [0.3, 0.4) is 0 Å². The molecule has 3 rings (SSSR count). The van der Waals surface area contributed by atoms with Crippen LogP contribution >= 0.6 is 11.6 Å². The quantitative estimate of drug-likeness (QED) is 0.920. The molecule has 0 saturated heterocycles. The molecule has 1 saturated carbocycles. The van der Waals surface area contributed by atoms with Crippen LogP contribution in [0.5, 0.6) is 0 Å². The summed E-state index contributed by atoms with van der Waals surface area (Å²) in [5, 5.41) is 3.83. The number of nitrogens with zero attached hydrogens (tertiary/aromatic N) is 2. The van der Waals surface area contributed by atoms with Crippen molar-refractivity contribution in [3.05, 3.63) is 53.6 Å². The second-order valence-corrected chi connectivity index (χ2v) is 6.52. The summed E-state index contributed by atoms with van der Waals surface area (Å²) in [6.45, 7) is 2.74. The van der Waals surface area contributed by atoms with E-state index in [4.69, 9.17) is 11.6 Å². The number of aromatic nitrogens is 2. The van der Waals surface area contributed by atoms with E-state index in [0.717, 1.165) is 31.4 Å². The largest absolute Gasteiger partial charge is 0.351 e. The molecule has 1 aromatic heterocycles. The number of benzene rings is 1. The van der Waals surface area contributed by atoms with E-state index < -0.39 is 5.41 Å². The van der Waals surface area contributed by atoms with Gasteiger partial charge in [0.2, 0.25) is 5.91 Å². The zero-order valence-corrected chi connectivity index (χ0v) is 13.4. The third-order valence-corrected chi connectivity index (χ3v) is 4.68. The first-order valence-electron chi connectivity index (χ1n) is 7.63. The summed E-state index contributed by atoms with van der Waals surface area (Å²) < 4.78 is 1.97. The Morgan fingerprint density at radius 1 is 1.50 bits per heavy atom. The van der Waals surface area contributed by atoms with Crippen LogP contribution in [0, 0.1) is 0 Å². The van der Waals surface area contributed by atoms with Gasteiger partial charge < -0.3 is 9.88 Å². The minimum atomic E-state index is -0.409. The van der Waals surface area contributed by atoms with Crippen LogP contribution in [-0.4, -0.2) is 21.5 Å². The Balaban J connectivity index is 1.72. The van der Waals surface area contributed by atoms with E-state index in [2.05, 4.69) is 10.3 Å². The summed E-state index contributed by atoms with van der Waals surface area (Å²) >= 11 is 6.10. The van der Waals surface area contributed by atoms with Crippen molar-refractivity contribution in [1.29, 1.82) is 0 Å². The molecular formula is C17H20ClN3O. The fourth-order valence-electron chi connectivity index (χ4n) is 3.08. The van der Waals surface area contributed by atoms with Crippen molar-refractivity contribution in [2.24, 2.45) is 0 Å². The molecule has 1 atom stereocenters. The first-order valence-corrected chi connectivity index (χ1v) is 8.01. The molecule has 2 aromatic rings. The van der Waals surface area contributed by atoms with Crippen molar-refractivity contribution in [3.63, 3.8) is 0 Å². The Morgan fingerprint density at radius 3 is 2.91 bits per heavy atom. The van der Waals surface area contributed by atoms with Gasteiger partial charge in [0, 0.05) is 30.0 Å². The summed E-state index contributed by atoms with van der Waals surface area (Å²) in [5.41, 5.74) is 0.618. The summed E-state index contributed by atoms with van der Waals surface area (Å²) in [4.78, 5) is 16.8. The molecule has 1 unspecified atom stereocenters. The number of hydrogen-bond acceptors (Lipinski definition) is 2. The van der Waals surface area contributed by atoms with Gasteiger partial charge >= 0.3 is 0 Å². The number of carbonyl (C=O) groups is 1. The van der Waals surface area contributed by atoms with Crippen LogP contribution in [0.25, 0.3) is 0 Å². The predicted molar refractivity (Wildman–Crippen MR) is 86.8 cm³/mol. The van der Waals surface area contributed by atoms with E-state index in [1.165, 1.54) is 0 Å². The number of hydrogen-bond donors (Lipinski definition) is 1. The lowest BCUT2D eigenvalue weighted by Gasteiger charge is -2.41. The van der Waals surface area contributed by atoms with E-state index in [-0.39, 0.29) is 11.9 Å². The lowest BCUT2D eigenvalue weighted by atomic mass is 9.63. The standard InChI is InChI=1S/C17H20ClN3O/c1-13(11-21-9-8-19-12-21)20-16(22)17(6-3-7-17)14-4-2-5-15(18)10-14/h2,4-5,8-10,12-13H,3,6-7,11H2,1H3,(H,20,22). The van der Waals surface area contributed by atoms with E-state index >= 15 is 0 Å². The maximum Gasteiger partial charge on any atom is 0.230 e. The average Bonchev–Trinajstić information content (AvgIpc) is 2.90. The van der Waals surface area contributed by atoms with E-state index in [1.54, 1.807) is 12.5 Å². The highest BCUT2D eigenvalue weighted by Crippen LogP contribution is 2.44. The fraction of sp³-hybridized carbons (Fsp3) is 0.412. The first kappa shape index (κ1) is 15.1. The van der Waals surface area contributed by atoms with Gasteiger partial charge in [0.05, 0.1) is 11.7 Å². The smallest absolute Gasteiger partial charge is 0.230 e. The Kier molecular flexibility index (Phi) is 4.21. The number of imidazole rings is 1. The van der Waals surface area contributed by atoms with Crippen molar-refractivity contribution in [3.8, 4) is 0 Å². The van der Waals surface area contributed by atoms with Gasteiger partial charge in [0.1, 0.15) is 0 Å². The molecule has 1 fully saturated rings. The molecule has 1 aromatic carbocycles. The minimum absolute atomic E-state index is 0.0540. The lowest BCUT2D eigenvalue weighted by molar-refractivity contribution is -0.130.